The standard InChI is InChI=1S/C25H28N6O2/c1-18(21-5-4-6-23(13-21)33-3)31(22-16-28-29(2)17-22)25(32)20-9-11-30(12-10-20)24-8-7-19(14-26)15-27-24/h4-8,13,15-18,20H,9-12H2,1-3H3/t18-/m1/s1. The van der Waals surface area contributed by atoms with Crippen molar-refractivity contribution in [2.24, 2.45) is 13.0 Å². The summed E-state index contributed by atoms with van der Waals surface area (Å²) in [6.45, 7) is 3.52. The number of nitriles is 1. The first-order valence-electron chi connectivity index (χ1n) is 11.1. The lowest BCUT2D eigenvalue weighted by Crippen LogP contribution is -2.44. The highest BCUT2D eigenvalue weighted by Crippen LogP contribution is 2.33. The van der Waals surface area contributed by atoms with Gasteiger partial charge in [0.15, 0.2) is 0 Å². The Hall–Kier alpha value is -3.86. The summed E-state index contributed by atoms with van der Waals surface area (Å²) in [5.74, 6) is 1.62. The third-order valence-electron chi connectivity index (χ3n) is 6.22. The number of benzene rings is 1. The fourth-order valence-electron chi connectivity index (χ4n) is 4.32. The number of methoxy groups -OCH3 is 1. The van der Waals surface area contributed by atoms with E-state index in [0.29, 0.717) is 5.56 Å². The van der Waals surface area contributed by atoms with Crippen molar-refractivity contribution >= 4 is 17.4 Å². The predicted octanol–water partition coefficient (Wildman–Crippen LogP) is 3.71. The molecular weight excluding hydrogens is 416 g/mol. The summed E-state index contributed by atoms with van der Waals surface area (Å²) in [5, 5.41) is 13.3. The van der Waals surface area contributed by atoms with Crippen LogP contribution in [0.1, 0.15) is 36.9 Å². The second-order valence-corrected chi connectivity index (χ2v) is 8.31. The maximum Gasteiger partial charge on any atom is 0.230 e. The Morgan fingerprint density at radius 1 is 1.24 bits per heavy atom. The number of piperidine rings is 1. The van der Waals surface area contributed by atoms with E-state index in [1.165, 1.54) is 0 Å². The quantitative estimate of drug-likeness (QED) is 0.576. The zero-order valence-electron chi connectivity index (χ0n) is 19.2. The van der Waals surface area contributed by atoms with Crippen LogP contribution in [0.2, 0.25) is 0 Å². The van der Waals surface area contributed by atoms with Gasteiger partial charge in [0.25, 0.3) is 0 Å². The third kappa shape index (κ3) is 4.82. The number of aromatic nitrogens is 3. The van der Waals surface area contributed by atoms with Gasteiger partial charge in [0.2, 0.25) is 5.91 Å². The molecule has 1 amide bonds. The van der Waals surface area contributed by atoms with E-state index in [0.717, 1.165) is 48.7 Å². The Morgan fingerprint density at radius 2 is 2.03 bits per heavy atom. The minimum Gasteiger partial charge on any atom is -0.497 e. The second-order valence-electron chi connectivity index (χ2n) is 8.31. The van der Waals surface area contributed by atoms with Crippen LogP contribution in [-0.4, -0.2) is 40.9 Å². The molecule has 1 atom stereocenters. The van der Waals surface area contributed by atoms with E-state index >= 15 is 0 Å². The minimum atomic E-state index is -0.171. The molecule has 0 unspecified atom stereocenters. The summed E-state index contributed by atoms with van der Waals surface area (Å²) in [5.41, 5.74) is 2.34. The number of pyridine rings is 1. The molecule has 1 aliphatic heterocycles. The maximum atomic E-state index is 13.8. The van der Waals surface area contributed by atoms with E-state index < -0.39 is 0 Å². The van der Waals surface area contributed by atoms with E-state index in [-0.39, 0.29) is 17.9 Å². The van der Waals surface area contributed by atoms with Crippen LogP contribution < -0.4 is 14.5 Å². The predicted molar refractivity (Wildman–Crippen MR) is 126 cm³/mol. The van der Waals surface area contributed by atoms with Crippen molar-refractivity contribution in [1.82, 2.24) is 14.8 Å². The van der Waals surface area contributed by atoms with Crippen molar-refractivity contribution in [2.75, 3.05) is 30.0 Å². The van der Waals surface area contributed by atoms with Gasteiger partial charge in [-0.1, -0.05) is 12.1 Å². The van der Waals surface area contributed by atoms with Crippen LogP contribution in [0, 0.1) is 17.2 Å². The van der Waals surface area contributed by atoms with Gasteiger partial charge < -0.3 is 14.5 Å². The van der Waals surface area contributed by atoms with Gasteiger partial charge in [-0.15, -0.1) is 0 Å². The largest absolute Gasteiger partial charge is 0.497 e. The number of carbonyl (C=O) groups is 1. The number of hydrogen-bond acceptors (Lipinski definition) is 6. The number of carbonyl (C=O) groups excluding carboxylic acids is 1. The van der Waals surface area contributed by atoms with Crippen LogP contribution >= 0.6 is 0 Å². The molecule has 0 N–H and O–H groups in total. The summed E-state index contributed by atoms with van der Waals surface area (Å²) < 4.78 is 7.11. The van der Waals surface area contributed by atoms with Crippen molar-refractivity contribution < 1.29 is 9.53 Å². The Kier molecular flexibility index (Phi) is 6.59. The van der Waals surface area contributed by atoms with Crippen LogP contribution in [0.15, 0.2) is 55.0 Å². The molecular formula is C25H28N6O2. The molecule has 0 saturated carbocycles. The van der Waals surface area contributed by atoms with Crippen LogP contribution in [0.4, 0.5) is 11.5 Å². The highest BCUT2D eigenvalue weighted by molar-refractivity contribution is 5.95. The van der Waals surface area contributed by atoms with E-state index in [9.17, 15) is 4.79 Å². The Balaban J connectivity index is 1.52. The van der Waals surface area contributed by atoms with Gasteiger partial charge in [0.1, 0.15) is 17.6 Å². The molecule has 1 saturated heterocycles. The first-order valence-corrected chi connectivity index (χ1v) is 11.1. The lowest BCUT2D eigenvalue weighted by atomic mass is 9.93. The fraction of sp³-hybridized carbons (Fsp3) is 0.360. The molecule has 4 rings (SSSR count). The molecule has 8 heteroatoms. The zero-order valence-corrected chi connectivity index (χ0v) is 19.2. The van der Waals surface area contributed by atoms with E-state index in [4.69, 9.17) is 10.00 Å². The van der Waals surface area contributed by atoms with E-state index in [2.05, 4.69) is 21.1 Å². The van der Waals surface area contributed by atoms with Crippen molar-refractivity contribution in [3.8, 4) is 11.8 Å². The monoisotopic (exact) mass is 444 g/mol. The van der Waals surface area contributed by atoms with Gasteiger partial charge in [-0.05, 0) is 49.6 Å². The number of hydrogen-bond donors (Lipinski definition) is 0. The molecule has 0 aliphatic carbocycles. The number of aryl methyl sites for hydroxylation is 1. The maximum absolute atomic E-state index is 13.8. The lowest BCUT2D eigenvalue weighted by molar-refractivity contribution is -0.123. The van der Waals surface area contributed by atoms with Gasteiger partial charge in [0, 0.05) is 38.4 Å². The normalized spacial score (nSPS) is 15.0. The van der Waals surface area contributed by atoms with E-state index in [1.807, 2.05) is 55.4 Å². The molecule has 8 nitrogen and oxygen atoms in total. The number of anilines is 2. The van der Waals surface area contributed by atoms with Gasteiger partial charge >= 0.3 is 0 Å². The van der Waals surface area contributed by atoms with Gasteiger partial charge in [0.05, 0.1) is 30.6 Å². The third-order valence-corrected chi connectivity index (χ3v) is 6.22. The molecule has 0 radical (unpaired) electrons. The highest BCUT2D eigenvalue weighted by Gasteiger charge is 2.33. The zero-order chi connectivity index (χ0) is 23.4. The molecule has 0 spiro atoms. The molecule has 3 aromatic rings. The summed E-state index contributed by atoms with van der Waals surface area (Å²) in [6.07, 6.45) is 6.69. The summed E-state index contributed by atoms with van der Waals surface area (Å²) in [7, 11) is 3.50. The van der Waals surface area contributed by atoms with Gasteiger partial charge in [-0.25, -0.2) is 4.98 Å². The fourth-order valence-corrected chi connectivity index (χ4v) is 4.32. The van der Waals surface area contributed by atoms with Crippen LogP contribution in [0.3, 0.4) is 0 Å². The van der Waals surface area contributed by atoms with Crippen LogP contribution in [0.5, 0.6) is 5.75 Å². The molecule has 1 aliphatic rings. The van der Waals surface area contributed by atoms with Crippen LogP contribution in [-0.2, 0) is 11.8 Å². The Bertz CT molecular complexity index is 1140. The number of rotatable bonds is 6. The van der Waals surface area contributed by atoms with E-state index in [1.54, 1.807) is 30.3 Å². The van der Waals surface area contributed by atoms with Gasteiger partial charge in [-0.2, -0.15) is 10.4 Å². The van der Waals surface area contributed by atoms with Crippen molar-refractivity contribution in [2.45, 2.75) is 25.8 Å². The molecule has 1 aromatic carbocycles. The molecule has 0 bridgehead atoms. The minimum absolute atomic E-state index is 0.0899. The van der Waals surface area contributed by atoms with Crippen molar-refractivity contribution in [3.05, 3.63) is 66.1 Å². The highest BCUT2D eigenvalue weighted by atomic mass is 16.5. The first-order chi connectivity index (χ1) is 16.0. The van der Waals surface area contributed by atoms with Crippen LogP contribution in [0.25, 0.3) is 0 Å². The summed E-state index contributed by atoms with van der Waals surface area (Å²) >= 11 is 0. The lowest BCUT2D eigenvalue weighted by Gasteiger charge is -2.36. The molecule has 2 aromatic heterocycles. The Labute approximate surface area is 194 Å². The summed E-state index contributed by atoms with van der Waals surface area (Å²) in [4.78, 5) is 22.2. The van der Waals surface area contributed by atoms with Crippen molar-refractivity contribution in [1.29, 1.82) is 5.26 Å². The summed E-state index contributed by atoms with van der Waals surface area (Å²) in [6, 6.07) is 13.4. The molecule has 33 heavy (non-hydrogen) atoms. The van der Waals surface area contributed by atoms with Gasteiger partial charge in [-0.3, -0.25) is 9.48 Å². The molecule has 3 heterocycles. The smallest absolute Gasteiger partial charge is 0.230 e. The Morgan fingerprint density at radius 3 is 2.64 bits per heavy atom. The molecule has 1 fully saturated rings. The number of ether oxygens (including phenoxy) is 1. The molecule has 170 valence electrons. The number of amides is 1. The average Bonchev–Trinajstić information content (AvgIpc) is 3.29. The second kappa shape index (κ2) is 9.74. The topological polar surface area (TPSA) is 87.3 Å². The SMILES string of the molecule is COc1cccc([C@@H](C)N(C(=O)C2CCN(c3ccc(C#N)cn3)CC2)c2cnn(C)c2)c1. The first kappa shape index (κ1) is 22.3. The van der Waals surface area contributed by atoms with Crippen molar-refractivity contribution in [3.63, 3.8) is 0 Å². The average molecular weight is 445 g/mol. The number of nitrogens with zero attached hydrogens (tertiary/aromatic N) is 6.